The van der Waals surface area contributed by atoms with Gasteiger partial charge in [0.2, 0.25) is 0 Å². The first-order valence-corrected chi connectivity index (χ1v) is 7.59. The van der Waals surface area contributed by atoms with Gasteiger partial charge in [-0.2, -0.15) is 0 Å². The molecule has 0 atom stereocenters. The summed E-state index contributed by atoms with van der Waals surface area (Å²) >= 11 is 0. The highest BCUT2D eigenvalue weighted by molar-refractivity contribution is 5.47. The van der Waals surface area contributed by atoms with Crippen LogP contribution in [0.15, 0.2) is 24.3 Å². The molecule has 0 saturated heterocycles. The van der Waals surface area contributed by atoms with Crippen molar-refractivity contribution in [3.63, 3.8) is 0 Å². The second-order valence-electron chi connectivity index (χ2n) is 5.70. The average molecular weight is 284 g/mol. The molecule has 0 bridgehead atoms. The molecule has 2 nitrogen and oxygen atoms in total. The summed E-state index contributed by atoms with van der Waals surface area (Å²) < 4.78 is 0. The predicted octanol–water partition coefficient (Wildman–Crippen LogP) is 4.43. The molecule has 0 unspecified atom stereocenters. The van der Waals surface area contributed by atoms with Crippen LogP contribution in [0.3, 0.4) is 0 Å². The molecule has 0 saturated carbocycles. The molecular formula is C19H24O2. The summed E-state index contributed by atoms with van der Waals surface area (Å²) in [7, 11) is 0. The van der Waals surface area contributed by atoms with Crippen molar-refractivity contribution in [2.45, 2.75) is 47.0 Å². The largest absolute Gasteiger partial charge is 0.508 e. The van der Waals surface area contributed by atoms with Gasteiger partial charge >= 0.3 is 0 Å². The van der Waals surface area contributed by atoms with Crippen molar-refractivity contribution >= 4 is 0 Å². The van der Waals surface area contributed by atoms with Gasteiger partial charge in [0.1, 0.15) is 11.5 Å². The molecule has 2 rings (SSSR count). The minimum atomic E-state index is 0.369. The van der Waals surface area contributed by atoms with E-state index in [2.05, 4.69) is 26.0 Å². The van der Waals surface area contributed by atoms with Crippen molar-refractivity contribution in [1.29, 1.82) is 0 Å². The van der Waals surface area contributed by atoms with E-state index in [4.69, 9.17) is 0 Å². The molecule has 2 aromatic carbocycles. The minimum Gasteiger partial charge on any atom is -0.508 e. The molecule has 2 aromatic rings. The molecule has 0 aliphatic rings. The SMILES string of the molecule is CCc1cc(O)c(C)cc1Cc1cc(C)c(O)cc1CC. The third kappa shape index (κ3) is 3.21. The second kappa shape index (κ2) is 6.21. The summed E-state index contributed by atoms with van der Waals surface area (Å²) in [6, 6.07) is 7.92. The van der Waals surface area contributed by atoms with Gasteiger partial charge in [0.05, 0.1) is 0 Å². The van der Waals surface area contributed by atoms with Gasteiger partial charge in [-0.1, -0.05) is 26.0 Å². The Morgan fingerprint density at radius 3 is 1.38 bits per heavy atom. The van der Waals surface area contributed by atoms with Crippen molar-refractivity contribution in [1.82, 2.24) is 0 Å². The maximum atomic E-state index is 9.87. The summed E-state index contributed by atoms with van der Waals surface area (Å²) in [5, 5.41) is 19.7. The summed E-state index contributed by atoms with van der Waals surface area (Å²) in [4.78, 5) is 0. The lowest BCUT2D eigenvalue weighted by Gasteiger charge is -2.15. The van der Waals surface area contributed by atoms with Gasteiger partial charge in [0, 0.05) is 0 Å². The molecule has 0 radical (unpaired) electrons. The number of hydrogen-bond acceptors (Lipinski definition) is 2. The molecule has 0 aliphatic carbocycles. The van der Waals surface area contributed by atoms with E-state index in [1.807, 2.05) is 26.0 Å². The fourth-order valence-corrected chi connectivity index (χ4v) is 2.79. The van der Waals surface area contributed by atoms with E-state index in [0.717, 1.165) is 30.4 Å². The third-order valence-electron chi connectivity index (χ3n) is 4.18. The lowest BCUT2D eigenvalue weighted by Crippen LogP contribution is -2.00. The number of aryl methyl sites for hydroxylation is 4. The first-order valence-electron chi connectivity index (χ1n) is 7.59. The van der Waals surface area contributed by atoms with Gasteiger partial charge in [-0.3, -0.25) is 0 Å². The van der Waals surface area contributed by atoms with Crippen molar-refractivity contribution in [2.75, 3.05) is 0 Å². The Hall–Kier alpha value is -1.96. The van der Waals surface area contributed by atoms with E-state index in [9.17, 15) is 10.2 Å². The third-order valence-corrected chi connectivity index (χ3v) is 4.18. The van der Waals surface area contributed by atoms with E-state index in [1.165, 1.54) is 22.3 Å². The highest BCUT2D eigenvalue weighted by Gasteiger charge is 2.11. The Labute approximate surface area is 127 Å². The fraction of sp³-hybridized carbons (Fsp3) is 0.368. The monoisotopic (exact) mass is 284 g/mol. The summed E-state index contributed by atoms with van der Waals surface area (Å²) in [5.74, 6) is 0.737. The summed E-state index contributed by atoms with van der Waals surface area (Å²) in [5.41, 5.74) is 6.71. The fourth-order valence-electron chi connectivity index (χ4n) is 2.79. The smallest absolute Gasteiger partial charge is 0.118 e. The zero-order valence-electron chi connectivity index (χ0n) is 13.3. The number of phenols is 2. The Balaban J connectivity index is 2.47. The summed E-state index contributed by atoms with van der Waals surface area (Å²) in [6.07, 6.45) is 2.65. The molecule has 21 heavy (non-hydrogen) atoms. The second-order valence-corrected chi connectivity index (χ2v) is 5.70. The molecule has 112 valence electrons. The Bertz CT molecular complexity index is 600. The first-order chi connectivity index (χ1) is 9.96. The van der Waals surface area contributed by atoms with Gasteiger partial charge < -0.3 is 10.2 Å². The molecule has 0 amide bonds. The molecule has 0 spiro atoms. The van der Waals surface area contributed by atoms with Crippen LogP contribution >= 0.6 is 0 Å². The van der Waals surface area contributed by atoms with Gasteiger partial charge in [-0.05, 0) is 78.6 Å². The zero-order chi connectivity index (χ0) is 15.6. The van der Waals surface area contributed by atoms with Crippen LogP contribution in [0.1, 0.15) is 47.2 Å². The van der Waals surface area contributed by atoms with Gasteiger partial charge in [0.25, 0.3) is 0 Å². The quantitative estimate of drug-likeness (QED) is 0.872. The number of benzene rings is 2. The number of phenolic OH excluding ortho intramolecular Hbond substituents is 2. The number of rotatable bonds is 4. The minimum absolute atomic E-state index is 0.369. The van der Waals surface area contributed by atoms with Crippen LogP contribution in [0, 0.1) is 13.8 Å². The van der Waals surface area contributed by atoms with Crippen LogP contribution in [0.25, 0.3) is 0 Å². The van der Waals surface area contributed by atoms with Crippen LogP contribution in [0.5, 0.6) is 11.5 Å². The van der Waals surface area contributed by atoms with E-state index in [0.29, 0.717) is 11.5 Å². The molecule has 0 heterocycles. The normalized spacial score (nSPS) is 10.9. The molecule has 0 fully saturated rings. The van der Waals surface area contributed by atoms with E-state index in [1.54, 1.807) is 0 Å². The van der Waals surface area contributed by atoms with E-state index in [-0.39, 0.29) is 0 Å². The van der Waals surface area contributed by atoms with Gasteiger partial charge in [-0.25, -0.2) is 0 Å². The van der Waals surface area contributed by atoms with Crippen LogP contribution in [0.4, 0.5) is 0 Å². The van der Waals surface area contributed by atoms with E-state index < -0.39 is 0 Å². The van der Waals surface area contributed by atoms with Crippen molar-refractivity contribution in [3.8, 4) is 11.5 Å². The van der Waals surface area contributed by atoms with E-state index >= 15 is 0 Å². The average Bonchev–Trinajstić information content (AvgIpc) is 2.46. The van der Waals surface area contributed by atoms with Gasteiger partial charge in [-0.15, -0.1) is 0 Å². The topological polar surface area (TPSA) is 40.5 Å². The molecule has 0 aliphatic heterocycles. The van der Waals surface area contributed by atoms with Crippen molar-refractivity contribution < 1.29 is 10.2 Å². The lowest BCUT2D eigenvalue weighted by molar-refractivity contribution is 0.470. The summed E-state index contributed by atoms with van der Waals surface area (Å²) in [6.45, 7) is 8.08. The van der Waals surface area contributed by atoms with Crippen LogP contribution in [-0.2, 0) is 19.3 Å². The standard InChI is InChI=1S/C19H24O2/c1-5-14-10-18(20)12(3)7-16(14)9-17-8-13(4)19(21)11-15(17)6-2/h7-8,10-11,20-21H,5-6,9H2,1-4H3. The maximum Gasteiger partial charge on any atom is 0.118 e. The van der Waals surface area contributed by atoms with Crippen molar-refractivity contribution in [3.05, 3.63) is 57.6 Å². The first kappa shape index (κ1) is 15.4. The highest BCUT2D eigenvalue weighted by atomic mass is 16.3. The van der Waals surface area contributed by atoms with Crippen molar-refractivity contribution in [2.24, 2.45) is 0 Å². The zero-order valence-corrected chi connectivity index (χ0v) is 13.3. The van der Waals surface area contributed by atoms with Crippen LogP contribution in [0.2, 0.25) is 0 Å². The Kier molecular flexibility index (Phi) is 4.56. The predicted molar refractivity (Wildman–Crippen MR) is 87.2 cm³/mol. The number of hydrogen-bond donors (Lipinski definition) is 2. The Morgan fingerprint density at radius 2 is 1.05 bits per heavy atom. The van der Waals surface area contributed by atoms with Crippen LogP contribution in [-0.4, -0.2) is 10.2 Å². The maximum absolute atomic E-state index is 9.87. The van der Waals surface area contributed by atoms with Gasteiger partial charge in [0.15, 0.2) is 0 Å². The Morgan fingerprint density at radius 1 is 0.667 bits per heavy atom. The lowest BCUT2D eigenvalue weighted by atomic mass is 9.91. The number of aromatic hydroxyl groups is 2. The molecule has 2 heteroatoms. The highest BCUT2D eigenvalue weighted by Crippen LogP contribution is 2.28. The van der Waals surface area contributed by atoms with Crippen LogP contribution < -0.4 is 0 Å². The molecule has 0 aromatic heterocycles. The molecular weight excluding hydrogens is 260 g/mol. The molecule has 2 N–H and O–H groups in total.